The van der Waals surface area contributed by atoms with Gasteiger partial charge in [0.25, 0.3) is 0 Å². The maximum atomic E-state index is 12.6. The fraction of sp³-hybridized carbons (Fsp3) is 0.333. The first-order valence-corrected chi connectivity index (χ1v) is 6.63. The number of carbonyl (C=O) groups is 1. The molecule has 2 aromatic rings. The first-order valence-electron chi connectivity index (χ1n) is 5.64. The van der Waals surface area contributed by atoms with Gasteiger partial charge in [0.1, 0.15) is 6.54 Å². The molecule has 0 aliphatic rings. The van der Waals surface area contributed by atoms with Gasteiger partial charge in [-0.05, 0) is 24.6 Å². The molecule has 0 unspecified atom stereocenters. The van der Waals surface area contributed by atoms with E-state index in [-0.39, 0.29) is 10.9 Å². The largest absolute Gasteiger partial charge is 0.481 e. The number of imidazole rings is 1. The van der Waals surface area contributed by atoms with E-state index in [1.54, 1.807) is 18.2 Å². The van der Waals surface area contributed by atoms with Crippen LogP contribution in [0.15, 0.2) is 23.4 Å². The first-order chi connectivity index (χ1) is 9.26. The minimum absolute atomic E-state index is 0.0605. The zero-order valence-corrected chi connectivity index (χ0v) is 11.3. The Bertz CT molecular complexity index is 652. The molecule has 20 heavy (non-hydrogen) atoms. The summed E-state index contributed by atoms with van der Waals surface area (Å²) in [6.45, 7) is 0.626. The van der Waals surface area contributed by atoms with Crippen LogP contribution >= 0.6 is 11.8 Å². The molecule has 0 fully saturated rings. The number of benzene rings is 1. The van der Waals surface area contributed by atoms with Crippen molar-refractivity contribution in [1.82, 2.24) is 9.55 Å². The molecule has 1 heterocycles. The number of rotatable bonds is 4. The van der Waals surface area contributed by atoms with Gasteiger partial charge in [-0.1, -0.05) is 17.8 Å². The molecule has 8 heteroatoms. The van der Waals surface area contributed by atoms with Crippen LogP contribution in [0.1, 0.15) is 5.56 Å². The predicted molar refractivity (Wildman–Crippen MR) is 68.9 cm³/mol. The van der Waals surface area contributed by atoms with Crippen LogP contribution in [0, 0.1) is 6.92 Å². The Hall–Kier alpha value is -1.70. The fourth-order valence-corrected chi connectivity index (χ4v) is 2.52. The second-order valence-corrected chi connectivity index (χ2v) is 5.21. The SMILES string of the molecule is Cc1ccc2c(c1)nc(SCC(=O)O)n2CC(F)(F)F. The lowest BCUT2D eigenvalue weighted by Crippen LogP contribution is -2.18. The maximum Gasteiger partial charge on any atom is 0.406 e. The Balaban J connectivity index is 2.47. The minimum atomic E-state index is -4.39. The molecule has 0 radical (unpaired) electrons. The summed E-state index contributed by atoms with van der Waals surface area (Å²) in [5.74, 6) is -1.43. The van der Waals surface area contributed by atoms with E-state index < -0.39 is 18.7 Å². The maximum absolute atomic E-state index is 12.6. The number of alkyl halides is 3. The molecule has 0 atom stereocenters. The van der Waals surface area contributed by atoms with Gasteiger partial charge in [0, 0.05) is 0 Å². The highest BCUT2D eigenvalue weighted by molar-refractivity contribution is 7.99. The number of fused-ring (bicyclic) bond motifs is 1. The Kier molecular flexibility index (Phi) is 3.94. The molecular weight excluding hydrogens is 293 g/mol. The molecule has 1 aromatic carbocycles. The molecule has 2 rings (SSSR count). The average molecular weight is 304 g/mol. The lowest BCUT2D eigenvalue weighted by molar-refractivity contribution is -0.141. The number of hydrogen-bond donors (Lipinski definition) is 1. The van der Waals surface area contributed by atoms with Crippen LogP contribution in [0.5, 0.6) is 0 Å². The summed E-state index contributed by atoms with van der Waals surface area (Å²) in [5, 5.41) is 8.70. The number of aliphatic carboxylic acids is 1. The van der Waals surface area contributed by atoms with E-state index in [0.29, 0.717) is 11.0 Å². The van der Waals surface area contributed by atoms with Crippen molar-refractivity contribution in [1.29, 1.82) is 0 Å². The summed E-state index contributed by atoms with van der Waals surface area (Å²) in [6.07, 6.45) is -4.39. The summed E-state index contributed by atoms with van der Waals surface area (Å²) in [4.78, 5) is 14.7. The van der Waals surface area contributed by atoms with Crippen molar-refractivity contribution >= 4 is 28.8 Å². The lowest BCUT2D eigenvalue weighted by Gasteiger charge is -2.11. The topological polar surface area (TPSA) is 55.1 Å². The van der Waals surface area contributed by atoms with E-state index in [4.69, 9.17) is 5.11 Å². The zero-order valence-electron chi connectivity index (χ0n) is 10.4. The Morgan fingerprint density at radius 1 is 1.45 bits per heavy atom. The molecule has 0 bridgehead atoms. The van der Waals surface area contributed by atoms with Crippen molar-refractivity contribution in [3.63, 3.8) is 0 Å². The van der Waals surface area contributed by atoms with Gasteiger partial charge in [0.15, 0.2) is 5.16 Å². The van der Waals surface area contributed by atoms with Crippen LogP contribution in [0.2, 0.25) is 0 Å². The quantitative estimate of drug-likeness (QED) is 0.882. The van der Waals surface area contributed by atoms with Crippen LogP contribution < -0.4 is 0 Å². The third kappa shape index (κ3) is 3.44. The molecular formula is C12H11F3N2O2S. The van der Waals surface area contributed by atoms with E-state index in [1.807, 2.05) is 6.92 Å². The van der Waals surface area contributed by atoms with E-state index in [2.05, 4.69) is 4.98 Å². The fourth-order valence-electron chi connectivity index (χ4n) is 1.79. The number of halogens is 3. The van der Waals surface area contributed by atoms with E-state index in [0.717, 1.165) is 21.9 Å². The van der Waals surface area contributed by atoms with Crippen molar-refractivity contribution in [2.75, 3.05) is 5.75 Å². The van der Waals surface area contributed by atoms with Gasteiger partial charge in [-0.3, -0.25) is 4.79 Å². The van der Waals surface area contributed by atoms with E-state index >= 15 is 0 Å². The van der Waals surface area contributed by atoms with Crippen LogP contribution in [0.4, 0.5) is 13.2 Å². The third-order valence-corrected chi connectivity index (χ3v) is 3.49. The number of carboxylic acid groups (broad SMARTS) is 1. The first kappa shape index (κ1) is 14.7. The zero-order chi connectivity index (χ0) is 14.9. The Morgan fingerprint density at radius 2 is 2.15 bits per heavy atom. The van der Waals surface area contributed by atoms with Gasteiger partial charge >= 0.3 is 12.1 Å². The number of carboxylic acids is 1. The van der Waals surface area contributed by atoms with Crippen LogP contribution in [0.25, 0.3) is 11.0 Å². The van der Waals surface area contributed by atoms with Crippen LogP contribution in [-0.4, -0.2) is 32.6 Å². The van der Waals surface area contributed by atoms with Gasteiger partial charge in [-0.25, -0.2) is 4.98 Å². The molecule has 108 valence electrons. The molecule has 0 saturated carbocycles. The van der Waals surface area contributed by atoms with Gasteiger partial charge in [-0.15, -0.1) is 0 Å². The van der Waals surface area contributed by atoms with Gasteiger partial charge in [0.2, 0.25) is 0 Å². The summed E-state index contributed by atoms with van der Waals surface area (Å²) in [5.41, 5.74) is 1.66. The van der Waals surface area contributed by atoms with Gasteiger partial charge in [0.05, 0.1) is 16.8 Å². The molecule has 0 spiro atoms. The summed E-state index contributed by atoms with van der Waals surface area (Å²) in [6, 6.07) is 4.93. The standard InChI is InChI=1S/C12H11F3N2O2S/c1-7-2-3-9-8(4-7)16-11(20-5-10(18)19)17(9)6-12(13,14)15/h2-4H,5-6H2,1H3,(H,18,19). The number of aryl methyl sites for hydroxylation is 1. The third-order valence-electron chi connectivity index (χ3n) is 2.53. The van der Waals surface area contributed by atoms with E-state index in [9.17, 15) is 18.0 Å². The summed E-state index contributed by atoms with van der Waals surface area (Å²) >= 11 is 0.780. The number of nitrogens with zero attached hydrogens (tertiary/aromatic N) is 2. The molecule has 0 aliphatic carbocycles. The lowest BCUT2D eigenvalue weighted by atomic mass is 10.2. The van der Waals surface area contributed by atoms with Crippen molar-refractivity contribution in [2.24, 2.45) is 0 Å². The number of aromatic nitrogens is 2. The Labute approximate surface area is 116 Å². The molecule has 4 nitrogen and oxygen atoms in total. The minimum Gasteiger partial charge on any atom is -0.481 e. The van der Waals surface area contributed by atoms with Gasteiger partial charge in [-0.2, -0.15) is 13.2 Å². The van der Waals surface area contributed by atoms with Crippen LogP contribution in [-0.2, 0) is 11.3 Å². The second-order valence-electron chi connectivity index (χ2n) is 4.27. The molecule has 0 saturated heterocycles. The van der Waals surface area contributed by atoms with Crippen molar-refractivity contribution in [3.8, 4) is 0 Å². The molecule has 1 aromatic heterocycles. The Morgan fingerprint density at radius 3 is 2.75 bits per heavy atom. The monoisotopic (exact) mass is 304 g/mol. The molecule has 1 N–H and O–H groups in total. The van der Waals surface area contributed by atoms with Gasteiger partial charge < -0.3 is 9.67 Å². The highest BCUT2D eigenvalue weighted by atomic mass is 32.2. The van der Waals surface area contributed by atoms with Crippen molar-refractivity contribution in [3.05, 3.63) is 23.8 Å². The van der Waals surface area contributed by atoms with Crippen LogP contribution in [0.3, 0.4) is 0 Å². The number of thioether (sulfide) groups is 1. The average Bonchev–Trinajstić information content (AvgIpc) is 2.62. The second kappa shape index (κ2) is 5.35. The summed E-state index contributed by atoms with van der Waals surface area (Å²) in [7, 11) is 0. The summed E-state index contributed by atoms with van der Waals surface area (Å²) < 4.78 is 38.9. The normalized spacial score (nSPS) is 12.0. The van der Waals surface area contributed by atoms with E-state index in [1.165, 1.54) is 0 Å². The number of hydrogen-bond acceptors (Lipinski definition) is 3. The van der Waals surface area contributed by atoms with Crippen molar-refractivity contribution < 1.29 is 23.1 Å². The van der Waals surface area contributed by atoms with Crippen molar-refractivity contribution in [2.45, 2.75) is 24.8 Å². The highest BCUT2D eigenvalue weighted by Gasteiger charge is 2.30. The highest BCUT2D eigenvalue weighted by Crippen LogP contribution is 2.28. The molecule has 0 aliphatic heterocycles. The predicted octanol–water partition coefficient (Wildman–Crippen LogP) is 3.08. The molecule has 0 amide bonds. The smallest absolute Gasteiger partial charge is 0.406 e.